The SMILES string of the molecule is Cc1cc(C)c(/C=C\C(=C\F)Oc2nc(Nc3cc(C4CC4)[nH]n3)cc(N3CCNCC3C)n2)[nH]1. The van der Waals surface area contributed by atoms with Crippen LogP contribution in [0.5, 0.6) is 6.01 Å². The third-order valence-electron chi connectivity index (χ3n) is 6.28. The molecule has 1 saturated heterocycles. The van der Waals surface area contributed by atoms with Crippen LogP contribution in [0.2, 0.25) is 0 Å². The lowest BCUT2D eigenvalue weighted by molar-refractivity contribution is 0.395. The largest absolute Gasteiger partial charge is 0.422 e. The summed E-state index contributed by atoms with van der Waals surface area (Å²) in [6, 6.07) is 6.20. The van der Waals surface area contributed by atoms with E-state index in [1.54, 1.807) is 12.2 Å². The molecule has 10 heteroatoms. The number of piperazine rings is 1. The summed E-state index contributed by atoms with van der Waals surface area (Å²) in [5, 5.41) is 14.1. The number of nitrogens with one attached hydrogen (secondary N) is 4. The monoisotopic (exact) mass is 478 g/mol. The molecule has 184 valence electrons. The molecule has 1 unspecified atom stereocenters. The molecule has 2 aliphatic rings. The van der Waals surface area contributed by atoms with Gasteiger partial charge in [-0.05, 0) is 57.4 Å². The second kappa shape index (κ2) is 9.91. The second-order valence-electron chi connectivity index (χ2n) is 9.24. The topological polar surface area (TPSA) is 107 Å². The number of anilines is 3. The number of halogens is 1. The normalized spacial score (nSPS) is 18.9. The highest BCUT2D eigenvalue weighted by Gasteiger charge is 2.26. The van der Waals surface area contributed by atoms with Gasteiger partial charge in [-0.15, -0.1) is 0 Å². The van der Waals surface area contributed by atoms with E-state index in [1.807, 2.05) is 32.0 Å². The fourth-order valence-electron chi connectivity index (χ4n) is 4.27. The van der Waals surface area contributed by atoms with Crippen molar-refractivity contribution in [2.24, 2.45) is 0 Å². The van der Waals surface area contributed by atoms with E-state index in [9.17, 15) is 4.39 Å². The van der Waals surface area contributed by atoms with Crippen molar-refractivity contribution >= 4 is 23.5 Å². The van der Waals surface area contributed by atoms with Crippen molar-refractivity contribution in [3.05, 3.63) is 59.0 Å². The summed E-state index contributed by atoms with van der Waals surface area (Å²) in [7, 11) is 0. The van der Waals surface area contributed by atoms with Gasteiger partial charge in [-0.1, -0.05) is 0 Å². The quantitative estimate of drug-likeness (QED) is 0.280. The van der Waals surface area contributed by atoms with Gasteiger partial charge >= 0.3 is 6.01 Å². The molecular weight excluding hydrogens is 447 g/mol. The molecule has 3 aromatic rings. The Morgan fingerprint density at radius 3 is 2.77 bits per heavy atom. The molecule has 0 amide bonds. The van der Waals surface area contributed by atoms with E-state index in [0.29, 0.717) is 29.7 Å². The Labute approximate surface area is 203 Å². The van der Waals surface area contributed by atoms with Crippen LogP contribution in [-0.2, 0) is 0 Å². The summed E-state index contributed by atoms with van der Waals surface area (Å²) in [6.07, 6.45) is 6.12. The average Bonchev–Trinajstić information content (AvgIpc) is 3.50. The lowest BCUT2D eigenvalue weighted by Gasteiger charge is -2.35. The molecule has 2 fully saturated rings. The maximum absolute atomic E-state index is 13.7. The Hall–Kier alpha value is -3.66. The zero-order chi connectivity index (χ0) is 24.4. The number of ether oxygens (including phenoxy) is 1. The first-order chi connectivity index (χ1) is 17.0. The van der Waals surface area contributed by atoms with Crippen LogP contribution >= 0.6 is 0 Å². The van der Waals surface area contributed by atoms with Crippen LogP contribution in [0.25, 0.3) is 6.08 Å². The Balaban J connectivity index is 1.40. The van der Waals surface area contributed by atoms with Gasteiger partial charge in [0, 0.05) is 60.8 Å². The highest BCUT2D eigenvalue weighted by Crippen LogP contribution is 2.39. The number of allylic oxidation sites excluding steroid dienone is 1. The van der Waals surface area contributed by atoms with Crippen molar-refractivity contribution in [1.82, 2.24) is 30.5 Å². The van der Waals surface area contributed by atoms with Gasteiger partial charge in [0.25, 0.3) is 0 Å². The van der Waals surface area contributed by atoms with Crippen molar-refractivity contribution < 1.29 is 9.13 Å². The minimum Gasteiger partial charge on any atom is -0.422 e. The van der Waals surface area contributed by atoms with E-state index in [1.165, 1.54) is 12.8 Å². The van der Waals surface area contributed by atoms with Crippen LogP contribution in [0.1, 0.15) is 48.3 Å². The minimum absolute atomic E-state index is 0.00361. The Bertz CT molecular complexity index is 1240. The smallest absolute Gasteiger partial charge is 0.326 e. The van der Waals surface area contributed by atoms with Crippen molar-refractivity contribution in [3.63, 3.8) is 0 Å². The number of rotatable bonds is 8. The first-order valence-corrected chi connectivity index (χ1v) is 12.0. The molecule has 0 radical (unpaired) electrons. The Morgan fingerprint density at radius 1 is 1.20 bits per heavy atom. The van der Waals surface area contributed by atoms with Gasteiger partial charge in [0.05, 0.1) is 0 Å². The number of H-pyrrole nitrogens is 2. The van der Waals surface area contributed by atoms with Crippen LogP contribution in [0.3, 0.4) is 0 Å². The van der Waals surface area contributed by atoms with Crippen molar-refractivity contribution in [3.8, 4) is 6.01 Å². The standard InChI is InChI=1S/C25H31FN8O/c1-15-10-16(2)28-20(15)7-6-19(13-26)35-25-30-22(29-23-11-21(32-33-23)18-4-5-18)12-24(31-25)34-9-8-27-14-17(34)3/h6-7,10-13,17-18,27-28H,4-5,8-9,14H2,1-3H3,(H2,29,30,31,32,33)/b7-6-,19-13-. The lowest BCUT2D eigenvalue weighted by Crippen LogP contribution is -2.50. The maximum atomic E-state index is 13.7. The molecule has 1 atom stereocenters. The van der Waals surface area contributed by atoms with E-state index >= 15 is 0 Å². The molecule has 1 aliphatic heterocycles. The Morgan fingerprint density at radius 2 is 2.06 bits per heavy atom. The molecule has 1 saturated carbocycles. The first kappa shape index (κ1) is 23.1. The molecule has 4 heterocycles. The third-order valence-corrected chi connectivity index (χ3v) is 6.28. The van der Waals surface area contributed by atoms with E-state index in [0.717, 1.165) is 42.3 Å². The number of aryl methyl sites for hydroxylation is 2. The summed E-state index contributed by atoms with van der Waals surface area (Å²) in [5.41, 5.74) is 4.12. The average molecular weight is 479 g/mol. The number of nitrogens with zero attached hydrogens (tertiary/aromatic N) is 4. The van der Waals surface area contributed by atoms with Gasteiger partial charge < -0.3 is 25.3 Å². The number of hydrogen-bond acceptors (Lipinski definition) is 7. The fraction of sp³-hybridized carbons (Fsp3) is 0.400. The fourth-order valence-corrected chi connectivity index (χ4v) is 4.27. The van der Waals surface area contributed by atoms with E-state index in [4.69, 9.17) is 4.74 Å². The van der Waals surface area contributed by atoms with Gasteiger partial charge in [-0.25, -0.2) is 4.39 Å². The van der Waals surface area contributed by atoms with Crippen molar-refractivity contribution in [2.45, 2.75) is 45.6 Å². The summed E-state index contributed by atoms with van der Waals surface area (Å²) in [5.74, 6) is 2.49. The van der Waals surface area contributed by atoms with Gasteiger partial charge in [0.2, 0.25) is 0 Å². The van der Waals surface area contributed by atoms with Gasteiger partial charge in [0.1, 0.15) is 18.0 Å². The zero-order valence-corrected chi connectivity index (χ0v) is 20.2. The number of aromatic nitrogens is 5. The summed E-state index contributed by atoms with van der Waals surface area (Å²) < 4.78 is 19.5. The van der Waals surface area contributed by atoms with E-state index in [2.05, 4.69) is 47.6 Å². The molecule has 0 aromatic carbocycles. The van der Waals surface area contributed by atoms with Crippen LogP contribution in [0.4, 0.5) is 21.8 Å². The zero-order valence-electron chi connectivity index (χ0n) is 20.2. The molecule has 3 aromatic heterocycles. The first-order valence-electron chi connectivity index (χ1n) is 12.0. The van der Waals surface area contributed by atoms with Gasteiger partial charge in [-0.3, -0.25) is 5.10 Å². The molecule has 9 nitrogen and oxygen atoms in total. The van der Waals surface area contributed by atoms with E-state index < -0.39 is 0 Å². The van der Waals surface area contributed by atoms with Gasteiger partial charge in [-0.2, -0.15) is 15.1 Å². The van der Waals surface area contributed by atoms with E-state index in [-0.39, 0.29) is 17.8 Å². The summed E-state index contributed by atoms with van der Waals surface area (Å²) in [6.45, 7) is 8.59. The Kier molecular flexibility index (Phi) is 6.54. The van der Waals surface area contributed by atoms with Crippen molar-refractivity contribution in [2.75, 3.05) is 29.9 Å². The molecular formula is C25H31FN8O. The molecule has 4 N–H and O–H groups in total. The molecule has 5 rings (SSSR count). The summed E-state index contributed by atoms with van der Waals surface area (Å²) in [4.78, 5) is 14.5. The molecule has 35 heavy (non-hydrogen) atoms. The van der Waals surface area contributed by atoms with Gasteiger partial charge in [0.15, 0.2) is 11.6 Å². The highest BCUT2D eigenvalue weighted by molar-refractivity contribution is 5.59. The maximum Gasteiger partial charge on any atom is 0.326 e. The van der Waals surface area contributed by atoms with Crippen molar-refractivity contribution in [1.29, 1.82) is 0 Å². The lowest BCUT2D eigenvalue weighted by atomic mass is 10.2. The summed E-state index contributed by atoms with van der Waals surface area (Å²) >= 11 is 0. The van der Waals surface area contributed by atoms with Crippen LogP contribution in [0.15, 0.2) is 36.4 Å². The van der Waals surface area contributed by atoms with Crippen LogP contribution in [0, 0.1) is 13.8 Å². The third kappa shape index (κ3) is 5.54. The number of aromatic amines is 2. The molecule has 0 spiro atoms. The molecule has 1 aliphatic carbocycles. The van der Waals surface area contributed by atoms with Crippen LogP contribution in [-0.4, -0.2) is 50.8 Å². The highest BCUT2D eigenvalue weighted by atomic mass is 19.1. The predicted octanol–water partition coefficient (Wildman–Crippen LogP) is 4.47. The predicted molar refractivity (Wildman–Crippen MR) is 135 cm³/mol. The number of hydrogen-bond donors (Lipinski definition) is 4. The minimum atomic E-state index is 0.00361. The van der Waals surface area contributed by atoms with Crippen LogP contribution < -0.4 is 20.3 Å². The molecule has 0 bridgehead atoms. The second-order valence-corrected chi connectivity index (χ2v) is 9.24.